The minimum absolute atomic E-state index is 0.0461. The van der Waals surface area contributed by atoms with E-state index in [0.29, 0.717) is 6.54 Å². The van der Waals surface area contributed by atoms with Gasteiger partial charge in [0, 0.05) is 44.1 Å². The first-order chi connectivity index (χ1) is 12.4. The lowest BCUT2D eigenvalue weighted by Gasteiger charge is -2.43. The van der Waals surface area contributed by atoms with Crippen molar-refractivity contribution in [2.24, 2.45) is 0 Å². The van der Waals surface area contributed by atoms with E-state index in [9.17, 15) is 8.42 Å². The minimum Gasteiger partial charge on any atom is -0.348 e. The molecule has 26 heavy (non-hydrogen) atoms. The first-order valence-electron chi connectivity index (χ1n) is 9.13. The molecule has 2 aliphatic heterocycles. The summed E-state index contributed by atoms with van der Waals surface area (Å²) in [5.41, 5.74) is 3.78. The van der Waals surface area contributed by atoms with Gasteiger partial charge < -0.3 is 4.98 Å². The highest BCUT2D eigenvalue weighted by Gasteiger charge is 2.46. The topological polar surface area (TPSA) is 69.3 Å². The van der Waals surface area contributed by atoms with E-state index in [-0.39, 0.29) is 23.6 Å². The molecule has 2 saturated heterocycles. The predicted octanol–water partition coefficient (Wildman–Crippen LogP) is 1.51. The maximum atomic E-state index is 12.4. The zero-order chi connectivity index (χ0) is 18.3. The number of aromatic nitrogens is 2. The Morgan fingerprint density at radius 3 is 2.23 bits per heavy atom. The minimum atomic E-state index is -3.00. The van der Waals surface area contributed by atoms with Gasteiger partial charge in [0.25, 0.3) is 0 Å². The van der Waals surface area contributed by atoms with Crippen LogP contribution in [0.25, 0.3) is 0 Å². The van der Waals surface area contributed by atoms with Gasteiger partial charge in [0.15, 0.2) is 9.84 Å². The lowest BCUT2D eigenvalue weighted by molar-refractivity contribution is 0.0341. The monoisotopic (exact) mass is 374 g/mol. The van der Waals surface area contributed by atoms with Crippen molar-refractivity contribution in [1.29, 1.82) is 0 Å². The fourth-order valence-electron chi connectivity index (χ4n) is 4.46. The van der Waals surface area contributed by atoms with Gasteiger partial charge in [-0.2, -0.15) is 0 Å². The predicted molar refractivity (Wildman–Crippen MR) is 102 cm³/mol. The highest BCUT2D eigenvalue weighted by molar-refractivity contribution is 7.91. The summed E-state index contributed by atoms with van der Waals surface area (Å²) in [5.74, 6) is 1.41. The van der Waals surface area contributed by atoms with Crippen LogP contribution in [0.15, 0.2) is 30.6 Å². The van der Waals surface area contributed by atoms with Crippen LogP contribution in [0, 0.1) is 13.8 Å². The number of imidazole rings is 1. The van der Waals surface area contributed by atoms with Crippen molar-refractivity contribution in [2.75, 3.05) is 24.6 Å². The molecule has 3 heterocycles. The molecule has 0 aliphatic carbocycles. The highest BCUT2D eigenvalue weighted by atomic mass is 32.2. The van der Waals surface area contributed by atoms with Gasteiger partial charge in [-0.25, -0.2) is 13.4 Å². The smallest absolute Gasteiger partial charge is 0.153 e. The van der Waals surface area contributed by atoms with Crippen LogP contribution in [0.1, 0.15) is 22.5 Å². The summed E-state index contributed by atoms with van der Waals surface area (Å²) in [5, 5.41) is 0. The second-order valence-electron chi connectivity index (χ2n) is 7.68. The molecule has 0 saturated carbocycles. The Morgan fingerprint density at radius 2 is 1.65 bits per heavy atom. The number of hydrogen-bond acceptors (Lipinski definition) is 5. The number of hydrogen-bond donors (Lipinski definition) is 1. The van der Waals surface area contributed by atoms with Crippen molar-refractivity contribution in [3.8, 4) is 0 Å². The van der Waals surface area contributed by atoms with Crippen LogP contribution in [0.5, 0.6) is 0 Å². The maximum absolute atomic E-state index is 12.4. The molecule has 1 N–H and O–H groups in total. The molecule has 2 aliphatic rings. The standard InChI is InChI=1S/C19H26N4O2S/c1-14-7-15(2)9-16(8-14)10-22-5-6-23(11-19-20-3-4-21-19)18-13-26(24,25)12-17(18)22/h3-4,7-9,17-18H,5-6,10-13H2,1-2H3,(H,20,21)/t17-,18+/m0/s1. The Balaban J connectivity index is 1.55. The van der Waals surface area contributed by atoms with Gasteiger partial charge in [-0.3, -0.25) is 9.80 Å². The van der Waals surface area contributed by atoms with Crippen molar-refractivity contribution < 1.29 is 8.42 Å². The Morgan fingerprint density at radius 1 is 1.04 bits per heavy atom. The average Bonchev–Trinajstić information content (AvgIpc) is 3.15. The Kier molecular flexibility index (Phi) is 4.62. The molecule has 1 aromatic heterocycles. The number of piperazine rings is 1. The fraction of sp³-hybridized carbons (Fsp3) is 0.526. The van der Waals surface area contributed by atoms with Crippen LogP contribution in [0.3, 0.4) is 0 Å². The molecule has 2 atom stereocenters. The number of aromatic amines is 1. The first-order valence-corrected chi connectivity index (χ1v) is 11.0. The zero-order valence-corrected chi connectivity index (χ0v) is 16.2. The van der Waals surface area contributed by atoms with Crippen molar-refractivity contribution in [1.82, 2.24) is 19.8 Å². The second kappa shape index (κ2) is 6.79. The Hall–Kier alpha value is -1.70. The van der Waals surface area contributed by atoms with Crippen LogP contribution < -0.4 is 0 Å². The normalized spacial score (nSPS) is 26.1. The number of nitrogens with one attached hydrogen (secondary N) is 1. The molecule has 6 nitrogen and oxygen atoms in total. The average molecular weight is 375 g/mol. The molecular formula is C19H26N4O2S. The zero-order valence-electron chi connectivity index (χ0n) is 15.4. The van der Waals surface area contributed by atoms with Gasteiger partial charge in [0.2, 0.25) is 0 Å². The number of nitrogens with zero attached hydrogens (tertiary/aromatic N) is 3. The third-order valence-electron chi connectivity index (χ3n) is 5.48. The molecule has 0 bridgehead atoms. The van der Waals surface area contributed by atoms with Crippen molar-refractivity contribution >= 4 is 9.84 Å². The number of fused-ring (bicyclic) bond motifs is 1. The van der Waals surface area contributed by atoms with Crippen LogP contribution in [0.2, 0.25) is 0 Å². The Labute approximate surface area is 155 Å². The summed E-state index contributed by atoms with van der Waals surface area (Å²) in [6.07, 6.45) is 3.56. The summed E-state index contributed by atoms with van der Waals surface area (Å²) in [6, 6.07) is 6.70. The van der Waals surface area contributed by atoms with Crippen LogP contribution in [-0.2, 0) is 22.9 Å². The van der Waals surface area contributed by atoms with Gasteiger partial charge >= 0.3 is 0 Å². The van der Waals surface area contributed by atoms with E-state index in [1.165, 1.54) is 16.7 Å². The summed E-state index contributed by atoms with van der Waals surface area (Å²) < 4.78 is 24.7. The summed E-state index contributed by atoms with van der Waals surface area (Å²) in [6.45, 7) is 7.46. The summed E-state index contributed by atoms with van der Waals surface area (Å²) in [7, 11) is -3.00. The maximum Gasteiger partial charge on any atom is 0.153 e. The summed E-state index contributed by atoms with van der Waals surface area (Å²) in [4.78, 5) is 12.1. The van der Waals surface area contributed by atoms with E-state index in [0.717, 1.165) is 25.5 Å². The van der Waals surface area contributed by atoms with Gasteiger partial charge in [-0.05, 0) is 19.4 Å². The second-order valence-corrected chi connectivity index (χ2v) is 9.84. The van der Waals surface area contributed by atoms with E-state index in [1.54, 1.807) is 6.20 Å². The summed E-state index contributed by atoms with van der Waals surface area (Å²) >= 11 is 0. The molecule has 4 rings (SSSR count). The van der Waals surface area contributed by atoms with E-state index in [1.807, 2.05) is 6.20 Å². The number of aryl methyl sites for hydroxylation is 2. The molecular weight excluding hydrogens is 348 g/mol. The molecule has 0 spiro atoms. The van der Waals surface area contributed by atoms with Crippen LogP contribution >= 0.6 is 0 Å². The molecule has 2 fully saturated rings. The molecule has 1 aromatic carbocycles. The molecule has 2 aromatic rings. The van der Waals surface area contributed by atoms with Crippen LogP contribution in [0.4, 0.5) is 0 Å². The van der Waals surface area contributed by atoms with E-state index < -0.39 is 9.84 Å². The number of sulfone groups is 1. The van der Waals surface area contributed by atoms with E-state index in [4.69, 9.17) is 0 Å². The van der Waals surface area contributed by atoms with Crippen LogP contribution in [-0.4, -0.2) is 64.9 Å². The third kappa shape index (κ3) is 3.70. The number of rotatable bonds is 4. The fourth-order valence-corrected chi connectivity index (χ4v) is 6.50. The molecule has 0 amide bonds. The molecule has 0 unspecified atom stereocenters. The first kappa shape index (κ1) is 17.7. The lowest BCUT2D eigenvalue weighted by atomic mass is 10.0. The Bertz CT molecular complexity index is 859. The third-order valence-corrected chi connectivity index (χ3v) is 7.18. The van der Waals surface area contributed by atoms with Gasteiger partial charge in [-0.15, -0.1) is 0 Å². The molecule has 0 radical (unpaired) electrons. The molecule has 7 heteroatoms. The lowest BCUT2D eigenvalue weighted by Crippen LogP contribution is -2.58. The number of H-pyrrole nitrogens is 1. The van der Waals surface area contributed by atoms with Crippen molar-refractivity contribution in [2.45, 2.75) is 39.0 Å². The van der Waals surface area contributed by atoms with Crippen molar-refractivity contribution in [3.63, 3.8) is 0 Å². The van der Waals surface area contributed by atoms with Gasteiger partial charge in [0.1, 0.15) is 5.82 Å². The highest BCUT2D eigenvalue weighted by Crippen LogP contribution is 2.29. The van der Waals surface area contributed by atoms with Gasteiger partial charge in [0.05, 0.1) is 18.1 Å². The van der Waals surface area contributed by atoms with Gasteiger partial charge in [-0.1, -0.05) is 29.3 Å². The van der Waals surface area contributed by atoms with Crippen molar-refractivity contribution in [3.05, 3.63) is 53.1 Å². The van der Waals surface area contributed by atoms with E-state index >= 15 is 0 Å². The van der Waals surface area contributed by atoms with E-state index in [2.05, 4.69) is 51.8 Å². The molecule has 140 valence electrons. The largest absolute Gasteiger partial charge is 0.348 e. The quantitative estimate of drug-likeness (QED) is 0.879. The SMILES string of the molecule is Cc1cc(C)cc(CN2CCN(Cc3ncc[nH]3)[C@@H]3CS(=O)(=O)C[C@@H]32)c1. The number of benzene rings is 1.